The zero-order valence-electron chi connectivity index (χ0n) is 16.5. The molecule has 1 heterocycles. The van der Waals surface area contributed by atoms with Crippen molar-refractivity contribution in [1.29, 1.82) is 0 Å². The Morgan fingerprint density at radius 2 is 1.93 bits per heavy atom. The molecular weight excluding hydrogens is 380 g/mol. The van der Waals surface area contributed by atoms with Crippen molar-refractivity contribution in [1.82, 2.24) is 9.80 Å². The predicted octanol–water partition coefficient (Wildman–Crippen LogP) is 2.89. The molecule has 2 aromatic carbocycles. The largest absolute Gasteiger partial charge is 0.478 e. The molecule has 1 aliphatic rings. The average Bonchev–Trinajstić information content (AvgIpc) is 2.66. The number of carbonyl (C=O) groups excluding carboxylic acids is 2. The lowest BCUT2D eigenvalue weighted by atomic mass is 10.1. The molecule has 1 aliphatic heterocycles. The van der Waals surface area contributed by atoms with E-state index in [2.05, 4.69) is 5.32 Å². The molecule has 2 aromatic rings. The highest BCUT2D eigenvalue weighted by atomic mass is 19.1. The fraction of sp³-hybridized carbons (Fsp3) is 0.333. The van der Waals surface area contributed by atoms with E-state index in [9.17, 15) is 18.4 Å². The molecule has 2 amide bonds. The quantitative estimate of drug-likeness (QED) is 0.806. The number of anilines is 1. The molecule has 1 atom stereocenters. The van der Waals surface area contributed by atoms with Crippen LogP contribution in [0.5, 0.6) is 5.75 Å². The molecule has 3 rings (SSSR count). The van der Waals surface area contributed by atoms with Gasteiger partial charge in [0.05, 0.1) is 11.3 Å². The number of fused-ring (bicyclic) bond motifs is 1. The van der Waals surface area contributed by atoms with Gasteiger partial charge in [-0.05, 0) is 39.2 Å². The van der Waals surface area contributed by atoms with E-state index in [0.717, 1.165) is 12.1 Å². The van der Waals surface area contributed by atoms with Crippen LogP contribution in [0.3, 0.4) is 0 Å². The highest BCUT2D eigenvalue weighted by molar-refractivity contribution is 6.04. The molecule has 0 saturated heterocycles. The van der Waals surface area contributed by atoms with Crippen LogP contribution in [-0.4, -0.2) is 54.9 Å². The molecule has 154 valence electrons. The van der Waals surface area contributed by atoms with E-state index < -0.39 is 17.7 Å². The second-order valence-corrected chi connectivity index (χ2v) is 7.20. The van der Waals surface area contributed by atoms with Gasteiger partial charge in [-0.15, -0.1) is 0 Å². The van der Waals surface area contributed by atoms with Gasteiger partial charge in [0.25, 0.3) is 11.8 Å². The van der Waals surface area contributed by atoms with Crippen molar-refractivity contribution in [3.63, 3.8) is 0 Å². The van der Waals surface area contributed by atoms with E-state index in [-0.39, 0.29) is 29.5 Å². The molecular formula is C21H23F2N3O3. The predicted molar refractivity (Wildman–Crippen MR) is 105 cm³/mol. The molecule has 0 aromatic heterocycles. The summed E-state index contributed by atoms with van der Waals surface area (Å²) in [6.07, 6.45) is -0.735. The van der Waals surface area contributed by atoms with Gasteiger partial charge in [0.1, 0.15) is 11.6 Å². The summed E-state index contributed by atoms with van der Waals surface area (Å²) in [6, 6.07) is 8.20. The monoisotopic (exact) mass is 403 g/mol. The van der Waals surface area contributed by atoms with E-state index in [1.807, 2.05) is 19.0 Å². The summed E-state index contributed by atoms with van der Waals surface area (Å²) in [5, 5.41) is 2.71. The molecule has 1 unspecified atom stereocenters. The molecule has 0 fully saturated rings. The van der Waals surface area contributed by atoms with Crippen LogP contribution in [0, 0.1) is 11.6 Å². The summed E-state index contributed by atoms with van der Waals surface area (Å²) in [5.74, 6) is -1.75. The number of para-hydroxylation sites is 1. The Morgan fingerprint density at radius 1 is 1.17 bits per heavy atom. The average molecular weight is 403 g/mol. The molecule has 0 aliphatic carbocycles. The van der Waals surface area contributed by atoms with Crippen molar-refractivity contribution in [2.24, 2.45) is 0 Å². The fourth-order valence-electron chi connectivity index (χ4n) is 2.99. The third-order valence-electron chi connectivity index (χ3n) is 4.65. The minimum Gasteiger partial charge on any atom is -0.478 e. The van der Waals surface area contributed by atoms with Crippen LogP contribution < -0.4 is 10.1 Å². The lowest BCUT2D eigenvalue weighted by Gasteiger charge is -2.29. The molecule has 0 radical (unpaired) electrons. The number of benzene rings is 2. The fourth-order valence-corrected chi connectivity index (χ4v) is 2.99. The van der Waals surface area contributed by atoms with Gasteiger partial charge in [-0.3, -0.25) is 9.59 Å². The smallest absolute Gasteiger partial charge is 0.265 e. The number of halogens is 2. The maximum Gasteiger partial charge on any atom is 0.265 e. The van der Waals surface area contributed by atoms with Gasteiger partial charge in [0.15, 0.2) is 11.9 Å². The number of ether oxygens (including phenoxy) is 1. The molecule has 0 spiro atoms. The highest BCUT2D eigenvalue weighted by Crippen LogP contribution is 2.34. The summed E-state index contributed by atoms with van der Waals surface area (Å²) in [6.45, 7) is 2.45. The van der Waals surface area contributed by atoms with Gasteiger partial charge in [-0.1, -0.05) is 12.1 Å². The topological polar surface area (TPSA) is 61.9 Å². The van der Waals surface area contributed by atoms with E-state index in [0.29, 0.717) is 24.5 Å². The summed E-state index contributed by atoms with van der Waals surface area (Å²) >= 11 is 0. The Labute approximate surface area is 168 Å². The van der Waals surface area contributed by atoms with Crippen LogP contribution in [0.25, 0.3) is 0 Å². The Morgan fingerprint density at radius 3 is 2.62 bits per heavy atom. The number of hydrogen-bond donors (Lipinski definition) is 1. The van der Waals surface area contributed by atoms with Crippen LogP contribution in [0.15, 0.2) is 36.4 Å². The third kappa shape index (κ3) is 4.71. The normalized spacial score (nSPS) is 15.5. The van der Waals surface area contributed by atoms with Crippen molar-refractivity contribution in [3.8, 4) is 5.75 Å². The Hall–Kier alpha value is -3.00. The Balaban J connectivity index is 1.93. The van der Waals surface area contributed by atoms with Gasteiger partial charge in [-0.25, -0.2) is 8.78 Å². The molecule has 6 nitrogen and oxygen atoms in total. The van der Waals surface area contributed by atoms with Gasteiger partial charge in [0, 0.05) is 31.3 Å². The zero-order valence-corrected chi connectivity index (χ0v) is 16.5. The Bertz CT molecular complexity index is 933. The third-order valence-corrected chi connectivity index (χ3v) is 4.65. The van der Waals surface area contributed by atoms with Crippen LogP contribution in [0.4, 0.5) is 14.5 Å². The van der Waals surface area contributed by atoms with Gasteiger partial charge < -0.3 is 19.9 Å². The number of nitrogens with one attached hydrogen (secondary N) is 1. The molecule has 1 N–H and O–H groups in total. The first-order valence-corrected chi connectivity index (χ1v) is 9.24. The first kappa shape index (κ1) is 20.7. The lowest BCUT2D eigenvalue weighted by molar-refractivity contribution is -0.122. The maximum atomic E-state index is 14.2. The van der Waals surface area contributed by atoms with Crippen molar-refractivity contribution >= 4 is 17.5 Å². The van der Waals surface area contributed by atoms with E-state index in [1.54, 1.807) is 25.1 Å². The van der Waals surface area contributed by atoms with Crippen molar-refractivity contribution in [2.45, 2.75) is 19.6 Å². The van der Waals surface area contributed by atoms with E-state index in [1.165, 1.54) is 11.0 Å². The number of rotatable bonds is 6. The van der Waals surface area contributed by atoms with E-state index in [4.69, 9.17) is 4.74 Å². The first-order valence-electron chi connectivity index (χ1n) is 9.24. The van der Waals surface area contributed by atoms with Gasteiger partial charge in [0.2, 0.25) is 0 Å². The summed E-state index contributed by atoms with van der Waals surface area (Å²) in [7, 11) is 3.73. The van der Waals surface area contributed by atoms with Crippen molar-refractivity contribution in [2.75, 3.05) is 32.5 Å². The van der Waals surface area contributed by atoms with Crippen LogP contribution >= 0.6 is 0 Å². The minimum atomic E-state index is -0.735. The van der Waals surface area contributed by atoms with Gasteiger partial charge >= 0.3 is 0 Å². The first-order chi connectivity index (χ1) is 13.8. The van der Waals surface area contributed by atoms with Crippen LogP contribution in [-0.2, 0) is 11.3 Å². The SMILES string of the molecule is CC1Oc2c(cccc2C(=O)N(CCN(C)C)Cc2ccc(F)cc2F)NC1=O. The second-order valence-electron chi connectivity index (χ2n) is 7.20. The highest BCUT2D eigenvalue weighted by Gasteiger charge is 2.29. The van der Waals surface area contributed by atoms with Crippen LogP contribution in [0.2, 0.25) is 0 Å². The van der Waals surface area contributed by atoms with Crippen molar-refractivity contribution < 1.29 is 23.1 Å². The molecule has 0 saturated carbocycles. The number of amides is 2. The summed E-state index contributed by atoms with van der Waals surface area (Å²) < 4.78 is 33.1. The minimum absolute atomic E-state index is 0.0234. The number of nitrogens with zero attached hydrogens (tertiary/aromatic N) is 2. The second kappa shape index (κ2) is 8.57. The zero-order chi connectivity index (χ0) is 21.1. The maximum absolute atomic E-state index is 14.2. The number of hydrogen-bond acceptors (Lipinski definition) is 4. The van der Waals surface area contributed by atoms with Gasteiger partial charge in [-0.2, -0.15) is 0 Å². The molecule has 0 bridgehead atoms. The molecule has 29 heavy (non-hydrogen) atoms. The van der Waals surface area contributed by atoms with Crippen molar-refractivity contribution in [3.05, 3.63) is 59.2 Å². The number of carbonyl (C=O) groups is 2. The molecule has 8 heteroatoms. The standard InChI is InChI=1S/C21H23F2N3O3/c1-13-20(27)24-18-6-4-5-16(19(18)29-13)21(28)26(10-9-25(2)3)12-14-7-8-15(22)11-17(14)23/h4-8,11,13H,9-10,12H2,1-3H3,(H,24,27). The lowest BCUT2D eigenvalue weighted by Crippen LogP contribution is -2.38. The van der Waals surface area contributed by atoms with Crippen LogP contribution in [0.1, 0.15) is 22.8 Å². The summed E-state index contributed by atoms with van der Waals surface area (Å²) in [5.41, 5.74) is 0.904. The number of likely N-dealkylation sites (N-methyl/N-ethyl adjacent to an activating group) is 1. The summed E-state index contributed by atoms with van der Waals surface area (Å²) in [4.78, 5) is 28.6. The Kier molecular flexibility index (Phi) is 6.12. The van der Waals surface area contributed by atoms with E-state index >= 15 is 0 Å².